The minimum absolute atomic E-state index is 0.490. The molecular formula is C17H12ClF2N3S. The summed E-state index contributed by atoms with van der Waals surface area (Å²) in [4.78, 5) is 4.40. The van der Waals surface area contributed by atoms with E-state index < -0.39 is 11.6 Å². The van der Waals surface area contributed by atoms with Gasteiger partial charge in [0, 0.05) is 21.5 Å². The van der Waals surface area contributed by atoms with Crippen LogP contribution in [0, 0.1) is 18.6 Å². The van der Waals surface area contributed by atoms with Crippen molar-refractivity contribution in [2.45, 2.75) is 6.92 Å². The Morgan fingerprint density at radius 3 is 2.75 bits per heavy atom. The Balaban J connectivity index is 1.74. The quantitative estimate of drug-likeness (QED) is 0.491. The molecule has 24 heavy (non-hydrogen) atoms. The molecule has 0 atom stereocenters. The first-order chi connectivity index (χ1) is 11.5. The normalized spacial score (nSPS) is 11.2. The van der Waals surface area contributed by atoms with Gasteiger partial charge in [-0.25, -0.2) is 13.8 Å². The number of rotatable bonds is 4. The first kappa shape index (κ1) is 16.5. The number of anilines is 1. The van der Waals surface area contributed by atoms with Crippen LogP contribution in [0.5, 0.6) is 0 Å². The zero-order chi connectivity index (χ0) is 17.1. The summed E-state index contributed by atoms with van der Waals surface area (Å²) in [5.41, 5.74) is 5.44. The van der Waals surface area contributed by atoms with Gasteiger partial charge in [-0.15, -0.1) is 11.3 Å². The Kier molecular flexibility index (Phi) is 4.87. The number of aryl methyl sites for hydroxylation is 1. The van der Waals surface area contributed by atoms with Crippen molar-refractivity contribution in [1.29, 1.82) is 0 Å². The largest absolute Gasteiger partial charge is 0.253 e. The predicted molar refractivity (Wildman–Crippen MR) is 94.9 cm³/mol. The number of aromatic nitrogens is 1. The molecule has 3 nitrogen and oxygen atoms in total. The number of hydrazone groups is 1. The average Bonchev–Trinajstić information content (AvgIpc) is 3.01. The van der Waals surface area contributed by atoms with Crippen LogP contribution in [0.15, 0.2) is 46.9 Å². The fourth-order valence-corrected chi connectivity index (χ4v) is 2.97. The molecule has 0 aliphatic carbocycles. The summed E-state index contributed by atoms with van der Waals surface area (Å²) in [5.74, 6) is -1.78. The monoisotopic (exact) mass is 363 g/mol. The highest BCUT2D eigenvalue weighted by Crippen LogP contribution is 2.30. The van der Waals surface area contributed by atoms with E-state index in [-0.39, 0.29) is 0 Å². The average molecular weight is 364 g/mol. The fraction of sp³-hybridized carbons (Fsp3) is 0.0588. The number of nitrogens with one attached hydrogen (secondary N) is 1. The molecule has 0 fully saturated rings. The lowest BCUT2D eigenvalue weighted by molar-refractivity contribution is 0.507. The van der Waals surface area contributed by atoms with Crippen molar-refractivity contribution < 1.29 is 8.78 Å². The highest BCUT2D eigenvalue weighted by molar-refractivity contribution is 7.14. The molecule has 0 aliphatic rings. The molecular weight excluding hydrogens is 352 g/mol. The van der Waals surface area contributed by atoms with E-state index in [4.69, 9.17) is 11.6 Å². The van der Waals surface area contributed by atoms with Crippen molar-refractivity contribution >= 4 is 34.3 Å². The maximum absolute atomic E-state index is 13.3. The van der Waals surface area contributed by atoms with Crippen molar-refractivity contribution in [3.8, 4) is 11.3 Å². The lowest BCUT2D eigenvalue weighted by Crippen LogP contribution is -1.95. The molecule has 0 unspecified atom stereocenters. The summed E-state index contributed by atoms with van der Waals surface area (Å²) in [5, 5.41) is 7.08. The van der Waals surface area contributed by atoms with E-state index in [2.05, 4.69) is 15.5 Å². The first-order valence-electron chi connectivity index (χ1n) is 7.00. The number of hydrogen-bond acceptors (Lipinski definition) is 4. The molecule has 122 valence electrons. The van der Waals surface area contributed by atoms with Gasteiger partial charge in [-0.3, -0.25) is 5.43 Å². The summed E-state index contributed by atoms with van der Waals surface area (Å²) >= 11 is 7.52. The Labute approximate surface area is 146 Å². The molecule has 1 aromatic heterocycles. The van der Waals surface area contributed by atoms with Gasteiger partial charge < -0.3 is 0 Å². The Morgan fingerprint density at radius 2 is 1.96 bits per heavy atom. The second-order valence-corrected chi connectivity index (χ2v) is 6.28. The van der Waals surface area contributed by atoms with Crippen LogP contribution in [0.1, 0.15) is 11.1 Å². The van der Waals surface area contributed by atoms with Crippen LogP contribution < -0.4 is 5.43 Å². The van der Waals surface area contributed by atoms with Crippen molar-refractivity contribution in [2.24, 2.45) is 5.10 Å². The molecule has 0 radical (unpaired) electrons. The minimum Gasteiger partial charge on any atom is -0.253 e. The highest BCUT2D eigenvalue weighted by Gasteiger charge is 2.08. The van der Waals surface area contributed by atoms with Crippen molar-refractivity contribution in [1.82, 2.24) is 4.98 Å². The number of benzene rings is 2. The third-order valence-corrected chi connectivity index (χ3v) is 4.40. The molecule has 3 rings (SSSR count). The van der Waals surface area contributed by atoms with Crippen LogP contribution in [-0.4, -0.2) is 11.2 Å². The lowest BCUT2D eigenvalue weighted by atomic mass is 10.1. The van der Waals surface area contributed by atoms with Crippen LogP contribution in [0.3, 0.4) is 0 Å². The first-order valence-corrected chi connectivity index (χ1v) is 8.25. The minimum atomic E-state index is -0.905. The zero-order valence-corrected chi connectivity index (χ0v) is 14.1. The third-order valence-electron chi connectivity index (χ3n) is 3.33. The van der Waals surface area contributed by atoms with Gasteiger partial charge in [0.05, 0.1) is 11.9 Å². The summed E-state index contributed by atoms with van der Waals surface area (Å²) in [6, 6.07) is 9.66. The number of halogens is 3. The molecule has 1 heterocycles. The maximum atomic E-state index is 13.3. The van der Waals surface area contributed by atoms with Gasteiger partial charge >= 0.3 is 0 Å². The number of thiazole rings is 1. The van der Waals surface area contributed by atoms with E-state index in [0.29, 0.717) is 21.3 Å². The Bertz CT molecular complexity index is 909. The fourth-order valence-electron chi connectivity index (χ4n) is 2.08. The van der Waals surface area contributed by atoms with Crippen molar-refractivity contribution in [3.63, 3.8) is 0 Å². The number of hydrogen-bond donors (Lipinski definition) is 1. The second kappa shape index (κ2) is 7.07. The maximum Gasteiger partial charge on any atom is 0.203 e. The lowest BCUT2D eigenvalue weighted by Gasteiger charge is -2.01. The molecule has 2 aromatic carbocycles. The Morgan fingerprint density at radius 1 is 1.21 bits per heavy atom. The molecule has 0 bridgehead atoms. The summed E-state index contributed by atoms with van der Waals surface area (Å²) in [6.07, 6.45) is 1.43. The van der Waals surface area contributed by atoms with Gasteiger partial charge in [0.15, 0.2) is 11.6 Å². The molecule has 3 aromatic rings. The molecule has 0 amide bonds. The van der Waals surface area contributed by atoms with Crippen molar-refractivity contribution in [3.05, 3.63) is 69.6 Å². The SMILES string of the molecule is Cc1cc(F)c(F)cc1/C=N/Nc1nc(-c2ccccc2Cl)cs1. The van der Waals surface area contributed by atoms with Crippen LogP contribution in [0.2, 0.25) is 5.02 Å². The van der Waals surface area contributed by atoms with Gasteiger partial charge in [0.2, 0.25) is 5.13 Å². The van der Waals surface area contributed by atoms with Crippen LogP contribution in [0.25, 0.3) is 11.3 Å². The molecule has 7 heteroatoms. The van der Waals surface area contributed by atoms with E-state index in [1.807, 2.05) is 23.6 Å². The molecule has 1 N–H and O–H groups in total. The van der Waals surface area contributed by atoms with Crippen molar-refractivity contribution in [2.75, 3.05) is 5.43 Å². The standard InChI is InChI=1S/C17H12ClF2N3S/c1-10-6-14(19)15(20)7-11(10)8-21-23-17-22-16(9-24-17)12-4-2-3-5-13(12)18/h2-9H,1H3,(H,22,23)/b21-8+. The van der Waals surface area contributed by atoms with Gasteiger partial charge in [-0.2, -0.15) is 5.10 Å². The van der Waals surface area contributed by atoms with Crippen LogP contribution >= 0.6 is 22.9 Å². The van der Waals surface area contributed by atoms with Crippen LogP contribution in [0.4, 0.5) is 13.9 Å². The van der Waals surface area contributed by atoms with E-state index in [9.17, 15) is 8.78 Å². The van der Waals surface area contributed by atoms with Crippen LogP contribution in [-0.2, 0) is 0 Å². The van der Waals surface area contributed by atoms with Gasteiger partial charge in [0.1, 0.15) is 0 Å². The van der Waals surface area contributed by atoms with E-state index >= 15 is 0 Å². The van der Waals surface area contributed by atoms with E-state index in [0.717, 1.165) is 23.4 Å². The second-order valence-electron chi connectivity index (χ2n) is 5.01. The van der Waals surface area contributed by atoms with E-state index in [1.54, 1.807) is 13.0 Å². The predicted octanol–water partition coefficient (Wildman–Crippen LogP) is 5.50. The van der Waals surface area contributed by atoms with Gasteiger partial charge in [-0.1, -0.05) is 29.8 Å². The summed E-state index contributed by atoms with van der Waals surface area (Å²) < 4.78 is 26.3. The number of nitrogens with zero attached hydrogens (tertiary/aromatic N) is 2. The topological polar surface area (TPSA) is 37.3 Å². The van der Waals surface area contributed by atoms with E-state index in [1.165, 1.54) is 17.6 Å². The molecule has 0 saturated carbocycles. The van der Waals surface area contributed by atoms with Gasteiger partial charge in [-0.05, 0) is 30.7 Å². The molecule has 0 aliphatic heterocycles. The Hall–Kier alpha value is -2.31. The molecule has 0 spiro atoms. The summed E-state index contributed by atoms with van der Waals surface area (Å²) in [7, 11) is 0. The van der Waals surface area contributed by atoms with Gasteiger partial charge in [0.25, 0.3) is 0 Å². The zero-order valence-electron chi connectivity index (χ0n) is 12.6. The summed E-state index contributed by atoms with van der Waals surface area (Å²) in [6.45, 7) is 1.68. The molecule has 0 saturated heterocycles. The smallest absolute Gasteiger partial charge is 0.203 e. The highest BCUT2D eigenvalue weighted by atomic mass is 35.5. The third kappa shape index (κ3) is 3.60.